The van der Waals surface area contributed by atoms with E-state index in [1.807, 2.05) is 131 Å². The van der Waals surface area contributed by atoms with Crippen LogP contribution < -0.4 is 78.3 Å². The Hall–Kier alpha value is -4.74. The number of aryl methyl sites for hydroxylation is 3. The smallest absolute Gasteiger partial charge is 1.00 e. The zero-order valence-corrected chi connectivity index (χ0v) is 78.6. The minimum Gasteiger partial charge on any atom is -1.00 e. The predicted octanol–water partition coefficient (Wildman–Crippen LogP) is 24.8. The van der Waals surface area contributed by atoms with Gasteiger partial charge >= 0.3 is 40.9 Å². The fraction of sp³-hybridized carbons (Fsp3) is 0.205. The van der Waals surface area contributed by atoms with Crippen LogP contribution in [0.5, 0.6) is 11.5 Å². The van der Waals surface area contributed by atoms with Crippen LogP contribution in [0.25, 0.3) is 54.1 Å². The van der Waals surface area contributed by atoms with Crippen LogP contribution in [0.2, 0.25) is 0 Å². The molecule has 0 aliphatic carbocycles. The average molecular weight is 2210 g/mol. The van der Waals surface area contributed by atoms with Gasteiger partial charge in [-0.15, -0.1) is 46.9 Å². The average Bonchev–Trinajstić information content (AvgIpc) is 1.65. The van der Waals surface area contributed by atoms with Crippen LogP contribution in [0.4, 0.5) is 39.8 Å². The third-order valence-corrected chi connectivity index (χ3v) is 20.4. The second kappa shape index (κ2) is 57.5. The molecule has 2 aliphatic rings. The minimum absolute atomic E-state index is 0. The van der Waals surface area contributed by atoms with E-state index < -0.39 is 17.5 Å². The fourth-order valence-corrected chi connectivity index (χ4v) is 13.1. The van der Waals surface area contributed by atoms with Crippen molar-refractivity contribution in [3.8, 4) is 17.6 Å². The number of ether oxygens (including phenoxy) is 2. The number of nitriles is 1. The number of amides is 1. The predicted molar refractivity (Wildman–Crippen MR) is 520 cm³/mol. The number of thiazole rings is 1. The number of aromatic nitrogens is 1. The second-order valence-corrected chi connectivity index (χ2v) is 36.5. The van der Waals surface area contributed by atoms with Crippen LogP contribution in [0, 0.1) is 32.1 Å². The third-order valence-electron chi connectivity index (χ3n) is 14.2. The molecule has 0 saturated carbocycles. The molecule has 1 unspecified atom stereocenters. The summed E-state index contributed by atoms with van der Waals surface area (Å²) in [7, 11) is 14.8. The Balaban J connectivity index is -0.000000395. The maximum absolute atomic E-state index is 11.4. The third kappa shape index (κ3) is 34.0. The van der Waals surface area contributed by atoms with Crippen LogP contribution in [-0.2, 0) is 4.79 Å². The summed E-state index contributed by atoms with van der Waals surface area (Å²) < 4.78 is 38.5. The van der Waals surface area contributed by atoms with E-state index >= 15 is 0 Å². The molecule has 15 rings (SSSR count). The van der Waals surface area contributed by atoms with Crippen LogP contribution in [0.15, 0.2) is 201 Å². The molecular weight excluding hydrogens is 2120 g/mol. The summed E-state index contributed by atoms with van der Waals surface area (Å²) in [6.07, 6.45) is 6.02. The zero-order valence-electron chi connectivity index (χ0n) is 59.2. The van der Waals surface area contributed by atoms with Crippen LogP contribution in [0.1, 0.15) is 108 Å². The second-order valence-electron chi connectivity index (χ2n) is 21.7. The number of nitrogens with two attached hydrogens (primary N) is 5. The topological polar surface area (TPSA) is 333 Å². The number of rotatable bonds is 4. The number of carbonyl (C=O) groups is 3. The molecule has 2 aliphatic heterocycles. The van der Waals surface area contributed by atoms with E-state index in [2.05, 4.69) is 133 Å². The molecule has 0 bridgehead atoms. The number of halogens is 13. The molecule has 8 aromatic carbocycles. The molecule has 19 nitrogen and oxygen atoms in total. The Bertz CT molecular complexity index is 5230. The number of aliphatic hydroxyl groups is 1. The van der Waals surface area contributed by atoms with Crippen molar-refractivity contribution in [2.75, 3.05) is 64.3 Å². The van der Waals surface area contributed by atoms with Gasteiger partial charge in [-0.2, -0.15) is 5.26 Å². The number of benzene rings is 8. The monoisotopic (exact) mass is 2200 g/mol. The largest absolute Gasteiger partial charge is 1.00 e. The number of fused-ring (bicyclic) bond motifs is 8. The van der Waals surface area contributed by atoms with Crippen LogP contribution in [0.3, 0.4) is 0 Å². The Labute approximate surface area is 798 Å². The Morgan fingerprint density at radius 1 is 0.609 bits per heavy atom. The first-order valence-electron chi connectivity index (χ1n) is 30.5. The van der Waals surface area contributed by atoms with Gasteiger partial charge in [-0.25, -0.2) is 35.1 Å². The van der Waals surface area contributed by atoms with Crippen molar-refractivity contribution in [3.05, 3.63) is 217 Å². The van der Waals surface area contributed by atoms with Crippen molar-refractivity contribution in [1.82, 2.24) is 4.98 Å². The number of aliphatic hydroxyl groups excluding tert-OH is 1. The number of anilines is 7. The van der Waals surface area contributed by atoms with E-state index in [1.54, 1.807) is 60.7 Å². The molecule has 0 fully saturated rings. The summed E-state index contributed by atoms with van der Waals surface area (Å²) in [5.41, 5.74) is 41.4. The summed E-state index contributed by atoms with van der Waals surface area (Å²) in [5.74, 6) is 1.03. The van der Waals surface area contributed by atoms with Crippen molar-refractivity contribution in [1.29, 1.82) is 5.26 Å². The summed E-state index contributed by atoms with van der Waals surface area (Å²) in [6.45, 7) is 9.61. The summed E-state index contributed by atoms with van der Waals surface area (Å²) in [6, 6.07) is 41.3. The van der Waals surface area contributed by atoms with E-state index in [1.165, 1.54) is 17.2 Å². The molecule has 3 radical (unpaired) electrons. The van der Waals surface area contributed by atoms with E-state index in [-0.39, 0.29) is 132 Å². The van der Waals surface area contributed by atoms with Gasteiger partial charge in [0.25, 0.3) is 0 Å². The summed E-state index contributed by atoms with van der Waals surface area (Å²) in [5, 5.41) is 27.9. The molecule has 615 valence electrons. The summed E-state index contributed by atoms with van der Waals surface area (Å²) in [4.78, 5) is 38.8. The van der Waals surface area contributed by atoms with Gasteiger partial charge in [-0.1, -0.05) is 68.9 Å². The van der Waals surface area contributed by atoms with E-state index in [4.69, 9.17) is 127 Å². The molecule has 1 atom stereocenters. The molecule has 5 aromatic heterocycles. The standard InChI is InChI=1S/C10H8BrNO2.C10H8BrNOS.C10H7NOS.C9H9BrClNO.C8H8BrNO2.C8H6BrNO2.C8H6BrNO.C7H8BrN.C2H2ClN.6CH4.Al.B.4ClH.Na.H/c1-6(13)12-10-7-4-5-14-9(7)3-2-8(10)11;1-6(14)12-10-7-4-5-13-9(7)3-2-8(10)11;1-6-11-10-7-4-5-12-8(7)2-3-9(10)13-6;1-5-2-3-6(10)9(12)8(5)7(13)4-11;2*9-4-1-2-6-7(8(4)10)5(11)3-12-6;9-6-1-2-7-5(8(6)10)3-4-11-7;1-5-2-3-6(8)7(9)4-5;3-1-2-4;;;;;;;;;;;;;;/h2-5H,1H3,(H,12,13);2-5H,1H3,(H,12,14);2-5H,1H3;2-3H,4,12H2,1H3;1-2,5,11H,3,10H2;1-2H,3,10H2;1-4H,10H2;2-4H,9H2,1H3;1H2;6*1H4;;;4*1H;;/q;;;;;;;;;;;;;;;+3;;;;;;+1;-1/p-3. The van der Waals surface area contributed by atoms with Gasteiger partial charge in [0.2, 0.25) is 11.7 Å². The van der Waals surface area contributed by atoms with Gasteiger partial charge in [-0.3, -0.25) is 14.4 Å². The molecule has 115 heavy (non-hydrogen) atoms. The number of carbonyl (C=O) groups excluding carboxylic acids is 3. The number of nitrogens with one attached hydrogen (secondary N) is 2. The van der Waals surface area contributed by atoms with E-state index in [9.17, 15) is 19.5 Å². The first-order valence-corrected chi connectivity index (χ1v) is 43.5. The Kier molecular flexibility index (Phi) is 58.3. The summed E-state index contributed by atoms with van der Waals surface area (Å²) >= 11 is 38.6. The Morgan fingerprint density at radius 3 is 1.51 bits per heavy atom. The molecule has 0 saturated heterocycles. The molecule has 37 heteroatoms. The number of ketones is 2. The van der Waals surface area contributed by atoms with Crippen molar-refractivity contribution >= 4 is 337 Å². The molecule has 13 aromatic rings. The minimum atomic E-state index is -1.72. The number of thiocarbonyl (C=S) groups is 1. The zero-order chi connectivity index (χ0) is 78.2. The maximum atomic E-state index is 11.4. The number of hydrogen-bond donors (Lipinski definition) is 8. The molecule has 7 heterocycles. The number of furan rings is 4. The van der Waals surface area contributed by atoms with Gasteiger partial charge in [0, 0.05) is 79.4 Å². The number of nitrogens with zero attached hydrogens (tertiary/aromatic N) is 2. The van der Waals surface area contributed by atoms with Crippen molar-refractivity contribution < 1.29 is 77.6 Å². The fourth-order valence-electron chi connectivity index (χ4n) is 9.54. The van der Waals surface area contributed by atoms with Crippen molar-refractivity contribution in [3.63, 3.8) is 0 Å². The van der Waals surface area contributed by atoms with E-state index in [0.717, 1.165) is 119 Å². The first-order chi connectivity index (χ1) is 50.3. The molecule has 0 spiro atoms. The number of hydrogen-bond acceptors (Lipinski definition) is 19. The molecular formula is C78H88AlBBr7Cl6N9NaO10S2. The number of nitrogen functional groups attached to an aromatic ring is 5. The van der Waals surface area contributed by atoms with Gasteiger partial charge in [-0.05, 0) is 266 Å². The maximum Gasteiger partial charge on any atom is 1.00 e. The normalized spacial score (nSPS) is 10.8. The first kappa shape index (κ1) is 117. The quantitative estimate of drug-likeness (QED) is 0.0267. The number of Topliss-reactive ketones (excluding diaryl/α,β-unsaturated/α-hetero) is 2. The molecule has 13 N–H and O–H groups in total. The van der Waals surface area contributed by atoms with Gasteiger partial charge < -0.3 is 73.0 Å². The Morgan fingerprint density at radius 2 is 1.03 bits per heavy atom. The van der Waals surface area contributed by atoms with Crippen molar-refractivity contribution in [2.45, 2.75) is 85.3 Å². The van der Waals surface area contributed by atoms with E-state index in [0.29, 0.717) is 51.9 Å². The van der Waals surface area contributed by atoms with Gasteiger partial charge in [0.1, 0.15) is 52.4 Å². The van der Waals surface area contributed by atoms with Gasteiger partial charge in [0.05, 0.1) is 102 Å². The SMILES string of the molecule is C.C.C.C.C.C.CC(=O)Nc1c(Br)ccc2occc12.CC(=S)Nc1c(Br)ccc2occc12.Cc1ccc(Br)c(N)c1.Cc1ccc(Br)c(N)c1C(=O)CCl.Cc1nc2c(ccc3occc32)s1.Cl.N#CCCl.Nc1c(Br)ccc2c1C(=O)CO2.Nc1c(Br)ccc2c1C(O)CO2.Nc1c(Br)ccc2occc12.[B].[Cl][Al]([Cl])[Cl].[H-].[Na+]. The van der Waals surface area contributed by atoms with Crippen molar-refractivity contribution in [2.24, 2.45) is 0 Å². The van der Waals surface area contributed by atoms with Crippen LogP contribution >= 0.6 is 201 Å². The van der Waals surface area contributed by atoms with Gasteiger partial charge in [0.15, 0.2) is 12.4 Å². The van der Waals surface area contributed by atoms with Crippen LogP contribution in [-0.4, -0.2) is 77.3 Å². The molecule has 1 amide bonds. The number of alkyl halides is 2.